The minimum Gasteiger partial charge on any atom is -0.493 e. The normalized spacial score (nSPS) is 12.3. The van der Waals surface area contributed by atoms with Crippen molar-refractivity contribution in [1.29, 1.82) is 0 Å². The van der Waals surface area contributed by atoms with Gasteiger partial charge in [-0.3, -0.25) is 0 Å². The molecular weight excluding hydrogens is 390 g/mol. The Morgan fingerprint density at radius 1 is 1.00 bits per heavy atom. The summed E-state index contributed by atoms with van der Waals surface area (Å²) in [5.41, 5.74) is 2.23. The van der Waals surface area contributed by atoms with E-state index >= 15 is 0 Å². The molecule has 0 bridgehead atoms. The summed E-state index contributed by atoms with van der Waals surface area (Å²) in [6.45, 7) is 10.8. The van der Waals surface area contributed by atoms with Gasteiger partial charge in [0.2, 0.25) is 0 Å². The highest BCUT2D eigenvalue weighted by atomic mass is 16.5. The Morgan fingerprint density at radius 3 is 2.45 bits per heavy atom. The molecule has 0 fully saturated rings. The van der Waals surface area contributed by atoms with Gasteiger partial charge in [-0.15, -0.1) is 0 Å². The number of ether oxygens (including phenoxy) is 4. The largest absolute Gasteiger partial charge is 0.493 e. The summed E-state index contributed by atoms with van der Waals surface area (Å²) in [6, 6.07) is 16.5. The highest BCUT2D eigenvalue weighted by molar-refractivity contribution is 5.43. The lowest BCUT2D eigenvalue weighted by atomic mass is 9.81. The first-order valence-electron chi connectivity index (χ1n) is 10.8. The van der Waals surface area contributed by atoms with Gasteiger partial charge in [0.25, 0.3) is 0 Å². The van der Waals surface area contributed by atoms with Crippen LogP contribution in [0.4, 0.5) is 0 Å². The summed E-state index contributed by atoms with van der Waals surface area (Å²) < 4.78 is 22.6. The molecule has 0 heterocycles. The average Bonchev–Trinajstić information content (AvgIpc) is 2.77. The van der Waals surface area contributed by atoms with Gasteiger partial charge in [-0.25, -0.2) is 0 Å². The first-order valence-corrected chi connectivity index (χ1v) is 10.8. The monoisotopic (exact) mass is 427 g/mol. The molecule has 1 atom stereocenters. The van der Waals surface area contributed by atoms with Crippen LogP contribution in [0.25, 0.3) is 0 Å². The Hall–Kier alpha value is -2.50. The van der Waals surface area contributed by atoms with Crippen LogP contribution < -0.4 is 14.8 Å². The molecule has 0 radical (unpaired) electrons. The molecule has 0 aliphatic carbocycles. The highest BCUT2D eigenvalue weighted by Gasteiger charge is 2.29. The van der Waals surface area contributed by atoms with Crippen molar-refractivity contribution in [3.63, 3.8) is 0 Å². The number of benzene rings is 2. The summed E-state index contributed by atoms with van der Waals surface area (Å²) in [5, 5.41) is 3.42. The lowest BCUT2D eigenvalue weighted by Crippen LogP contribution is -2.44. The van der Waals surface area contributed by atoms with E-state index in [-0.39, 0.29) is 11.5 Å². The first kappa shape index (κ1) is 24.8. The van der Waals surface area contributed by atoms with Gasteiger partial charge in [0, 0.05) is 31.6 Å². The molecule has 0 spiro atoms. The summed E-state index contributed by atoms with van der Waals surface area (Å²) >= 11 is 0. The zero-order valence-corrected chi connectivity index (χ0v) is 19.4. The standard InChI is InChI=1S/C26H37NO4/c1-6-27-25(26(2,3)20-30-19-21-11-8-7-9-12-21)18-22-13-14-23(29-5)24(17-22)31-16-10-15-28-4/h6-9,11-14,17,25,27H,1,10,15-16,18-20H2,2-5H3. The van der Waals surface area contributed by atoms with Crippen LogP contribution in [-0.4, -0.2) is 40.1 Å². The molecule has 170 valence electrons. The molecule has 2 aromatic rings. The van der Waals surface area contributed by atoms with E-state index in [1.54, 1.807) is 20.4 Å². The van der Waals surface area contributed by atoms with E-state index in [4.69, 9.17) is 18.9 Å². The highest BCUT2D eigenvalue weighted by Crippen LogP contribution is 2.31. The molecule has 2 aromatic carbocycles. The van der Waals surface area contributed by atoms with Crippen LogP contribution in [0, 0.1) is 5.41 Å². The van der Waals surface area contributed by atoms with Crippen molar-refractivity contribution in [3.8, 4) is 11.5 Å². The van der Waals surface area contributed by atoms with Crippen LogP contribution in [0.1, 0.15) is 31.4 Å². The molecule has 0 saturated carbocycles. The van der Waals surface area contributed by atoms with Gasteiger partial charge in [0.05, 0.1) is 26.9 Å². The zero-order valence-electron chi connectivity index (χ0n) is 19.4. The molecule has 0 saturated heterocycles. The molecule has 5 heteroatoms. The van der Waals surface area contributed by atoms with Crippen LogP contribution in [0.5, 0.6) is 11.5 Å². The number of rotatable bonds is 15. The van der Waals surface area contributed by atoms with E-state index in [9.17, 15) is 0 Å². The maximum Gasteiger partial charge on any atom is 0.161 e. The molecule has 0 aromatic heterocycles. The number of nitrogens with one attached hydrogen (secondary N) is 1. The van der Waals surface area contributed by atoms with Gasteiger partial charge in [-0.05, 0) is 35.9 Å². The predicted octanol–water partition coefficient (Wildman–Crippen LogP) is 5.00. The molecule has 1 unspecified atom stereocenters. The lowest BCUT2D eigenvalue weighted by molar-refractivity contribution is 0.0335. The lowest BCUT2D eigenvalue weighted by Gasteiger charge is -2.35. The summed E-state index contributed by atoms with van der Waals surface area (Å²) in [5.74, 6) is 1.49. The minimum atomic E-state index is -0.109. The Bertz CT molecular complexity index is 776. The molecule has 5 nitrogen and oxygen atoms in total. The fraction of sp³-hybridized carbons (Fsp3) is 0.462. The third kappa shape index (κ3) is 8.27. The Morgan fingerprint density at radius 2 is 1.77 bits per heavy atom. The van der Waals surface area contributed by atoms with E-state index in [0.717, 1.165) is 29.9 Å². The first-order chi connectivity index (χ1) is 15.0. The summed E-state index contributed by atoms with van der Waals surface area (Å²) in [7, 11) is 3.35. The Kier molecular flexibility index (Phi) is 10.4. The van der Waals surface area contributed by atoms with Crippen molar-refractivity contribution in [2.45, 2.75) is 39.3 Å². The van der Waals surface area contributed by atoms with Crippen molar-refractivity contribution in [3.05, 3.63) is 72.4 Å². The Labute approximate surface area is 187 Å². The maximum absolute atomic E-state index is 6.05. The zero-order chi connectivity index (χ0) is 22.5. The minimum absolute atomic E-state index is 0.109. The molecule has 0 aliphatic heterocycles. The second-order valence-corrected chi connectivity index (χ2v) is 8.27. The molecule has 0 aliphatic rings. The average molecular weight is 428 g/mol. The maximum atomic E-state index is 6.05. The van der Waals surface area contributed by atoms with E-state index in [0.29, 0.717) is 26.4 Å². The van der Waals surface area contributed by atoms with Crippen molar-refractivity contribution in [2.75, 3.05) is 34.0 Å². The third-order valence-corrected chi connectivity index (χ3v) is 5.27. The van der Waals surface area contributed by atoms with Gasteiger partial charge < -0.3 is 24.3 Å². The fourth-order valence-corrected chi connectivity index (χ4v) is 3.39. The summed E-state index contributed by atoms with van der Waals surface area (Å²) in [6.07, 6.45) is 3.40. The quantitative estimate of drug-likeness (QED) is 0.406. The van der Waals surface area contributed by atoms with Crippen LogP contribution in [-0.2, 0) is 22.5 Å². The van der Waals surface area contributed by atoms with E-state index in [2.05, 4.69) is 50.0 Å². The molecular formula is C26H37NO4. The van der Waals surface area contributed by atoms with Crippen LogP contribution in [0.3, 0.4) is 0 Å². The van der Waals surface area contributed by atoms with Gasteiger partial charge in [0.1, 0.15) is 0 Å². The van der Waals surface area contributed by atoms with Crippen molar-refractivity contribution < 1.29 is 18.9 Å². The van der Waals surface area contributed by atoms with Crippen LogP contribution >= 0.6 is 0 Å². The van der Waals surface area contributed by atoms with Crippen LogP contribution in [0.2, 0.25) is 0 Å². The molecule has 2 rings (SSSR count). The fourth-order valence-electron chi connectivity index (χ4n) is 3.39. The second kappa shape index (κ2) is 13.0. The summed E-state index contributed by atoms with van der Waals surface area (Å²) in [4.78, 5) is 0. The third-order valence-electron chi connectivity index (χ3n) is 5.27. The molecule has 1 N–H and O–H groups in total. The van der Waals surface area contributed by atoms with E-state index < -0.39 is 0 Å². The van der Waals surface area contributed by atoms with E-state index in [1.807, 2.05) is 24.3 Å². The number of methoxy groups -OCH3 is 2. The van der Waals surface area contributed by atoms with Gasteiger partial charge >= 0.3 is 0 Å². The second-order valence-electron chi connectivity index (χ2n) is 8.27. The van der Waals surface area contributed by atoms with E-state index in [1.165, 1.54) is 5.56 Å². The predicted molar refractivity (Wildman–Crippen MR) is 126 cm³/mol. The van der Waals surface area contributed by atoms with Crippen molar-refractivity contribution in [2.24, 2.45) is 5.41 Å². The topological polar surface area (TPSA) is 49.0 Å². The Balaban J connectivity index is 2.03. The van der Waals surface area contributed by atoms with Crippen molar-refractivity contribution in [1.82, 2.24) is 5.32 Å². The number of hydrogen-bond donors (Lipinski definition) is 1. The van der Waals surface area contributed by atoms with Gasteiger partial charge in [-0.1, -0.05) is 56.8 Å². The number of hydrogen-bond acceptors (Lipinski definition) is 5. The van der Waals surface area contributed by atoms with Gasteiger partial charge in [-0.2, -0.15) is 0 Å². The SMILES string of the molecule is C=CNC(Cc1ccc(OC)c(OCCCOC)c1)C(C)(C)COCc1ccccc1. The van der Waals surface area contributed by atoms with Crippen molar-refractivity contribution >= 4 is 0 Å². The molecule has 0 amide bonds. The smallest absolute Gasteiger partial charge is 0.161 e. The van der Waals surface area contributed by atoms with Crippen LogP contribution in [0.15, 0.2) is 61.3 Å². The van der Waals surface area contributed by atoms with Gasteiger partial charge in [0.15, 0.2) is 11.5 Å². The molecule has 31 heavy (non-hydrogen) atoms.